The van der Waals surface area contributed by atoms with Gasteiger partial charge in [0.2, 0.25) is 0 Å². The first-order valence-electron chi connectivity index (χ1n) is 27.5. The molecule has 0 aliphatic rings. The predicted octanol–water partition coefficient (Wildman–Crippen LogP) is 16.0. The molecule has 0 radical (unpaired) electrons. The van der Waals surface area contributed by atoms with Crippen LogP contribution in [-0.4, -0.2) is 13.0 Å². The quantitative estimate of drug-likeness (QED) is 0.0372. The molecule has 1 rings (SSSR count). The number of hydrogen-bond acceptors (Lipinski definition) is 3. The number of rotatable bonds is 46. The van der Waals surface area contributed by atoms with Gasteiger partial charge in [-0.25, -0.2) is 8.42 Å². The van der Waals surface area contributed by atoms with E-state index in [1.807, 2.05) is 0 Å². The molecule has 0 atom stereocenters. The normalized spacial score (nSPS) is 11.8. The molecule has 0 bridgehead atoms. The second kappa shape index (κ2) is 44.6. The summed E-state index contributed by atoms with van der Waals surface area (Å²) in [5.41, 5.74) is 6.08. The van der Waals surface area contributed by atoms with Crippen LogP contribution in [0.25, 0.3) is 0 Å². The first-order valence-corrected chi connectivity index (χ1v) is 28.9. The van der Waals surface area contributed by atoms with Gasteiger partial charge < -0.3 is 4.55 Å². The first kappa shape index (κ1) is 61.8. The third-order valence-corrected chi connectivity index (χ3v) is 14.6. The van der Waals surface area contributed by atoms with Crippen molar-refractivity contribution < 1.29 is 64.4 Å². The van der Waals surface area contributed by atoms with Crippen LogP contribution >= 0.6 is 0 Å². The van der Waals surface area contributed by atoms with Crippen molar-refractivity contribution in [1.29, 1.82) is 0 Å². The average molecular weight is 898 g/mol. The Labute approximate surface area is 426 Å². The summed E-state index contributed by atoms with van der Waals surface area (Å²) in [6.45, 7) is 11.4. The van der Waals surface area contributed by atoms with E-state index in [9.17, 15) is 13.0 Å². The van der Waals surface area contributed by atoms with Crippen molar-refractivity contribution in [1.82, 2.24) is 0 Å². The van der Waals surface area contributed by atoms with Gasteiger partial charge in [0.15, 0.2) is 0 Å². The van der Waals surface area contributed by atoms with Crippen molar-refractivity contribution in [2.75, 3.05) is 0 Å². The molecule has 354 valence electrons. The van der Waals surface area contributed by atoms with Gasteiger partial charge in [0, 0.05) is 0 Å². The molecule has 1 aromatic rings. The molecule has 0 saturated carbocycles. The summed E-state index contributed by atoms with van der Waals surface area (Å²) < 4.78 is 41.4. The van der Waals surface area contributed by atoms with Crippen molar-refractivity contribution in [3.05, 3.63) is 27.8 Å². The Morgan fingerprint density at radius 2 is 0.410 bits per heavy atom. The Balaban J connectivity index is 0.0000360. The molecule has 0 saturated heterocycles. The Kier molecular flexibility index (Phi) is 45.2. The minimum Gasteiger partial charge on any atom is -0.744 e. The van der Waals surface area contributed by atoms with Gasteiger partial charge in [-0.15, -0.1) is 0 Å². The van der Waals surface area contributed by atoms with Gasteiger partial charge in [-0.1, -0.05) is 259 Å². The molecule has 0 unspecified atom stereocenters. The smallest absolute Gasteiger partial charge is 0.744 e. The number of hydrogen-bond donors (Lipinski definition) is 0. The van der Waals surface area contributed by atoms with Gasteiger partial charge in [0.1, 0.15) is 10.1 Å². The summed E-state index contributed by atoms with van der Waals surface area (Å²) in [6, 6.07) is 0. The maximum absolute atomic E-state index is 13.8. The van der Waals surface area contributed by atoms with Gasteiger partial charge in [-0.3, -0.25) is 0 Å². The molecule has 0 heterocycles. The SMILES string of the molecule is CCCCCCCCCCc1c(CCCCCCCCCC)c(CCCCCCCCCC)c(S(=O)(=O)[O-])c(CCCCCCCCCC)c1CCCCCCCCCC.[K+]. The van der Waals surface area contributed by atoms with Crippen LogP contribution < -0.4 is 51.4 Å². The van der Waals surface area contributed by atoms with Gasteiger partial charge in [-0.2, -0.15) is 0 Å². The average Bonchev–Trinajstić information content (AvgIpc) is 3.23. The first-order chi connectivity index (χ1) is 29.4. The van der Waals surface area contributed by atoms with Crippen LogP contribution in [0.15, 0.2) is 4.90 Å². The van der Waals surface area contributed by atoms with Gasteiger partial charge >= 0.3 is 51.4 Å². The molecule has 0 amide bonds. The molecule has 3 nitrogen and oxygen atoms in total. The van der Waals surface area contributed by atoms with E-state index in [4.69, 9.17) is 0 Å². The Hall–Kier alpha value is 0.766. The van der Waals surface area contributed by atoms with E-state index in [1.54, 1.807) is 0 Å². The molecule has 0 aliphatic heterocycles. The van der Waals surface area contributed by atoms with E-state index in [0.29, 0.717) is 0 Å². The Morgan fingerprint density at radius 1 is 0.262 bits per heavy atom. The molecule has 0 fully saturated rings. The maximum atomic E-state index is 13.8. The van der Waals surface area contributed by atoms with Crippen LogP contribution in [0.1, 0.15) is 319 Å². The van der Waals surface area contributed by atoms with Crippen LogP contribution in [0, 0.1) is 0 Å². The second-order valence-electron chi connectivity index (χ2n) is 19.3. The zero-order valence-electron chi connectivity index (χ0n) is 42.5. The zero-order valence-corrected chi connectivity index (χ0v) is 46.4. The summed E-state index contributed by atoms with van der Waals surface area (Å²) >= 11 is 0. The van der Waals surface area contributed by atoms with Crippen LogP contribution in [-0.2, 0) is 42.2 Å². The molecule has 1 aromatic carbocycles. The fourth-order valence-electron chi connectivity index (χ4n) is 9.92. The van der Waals surface area contributed by atoms with Crippen molar-refractivity contribution in [2.45, 2.75) is 328 Å². The van der Waals surface area contributed by atoms with Crippen LogP contribution in [0.3, 0.4) is 0 Å². The minimum atomic E-state index is -4.63. The second-order valence-corrected chi connectivity index (χ2v) is 20.6. The zero-order chi connectivity index (χ0) is 43.8. The van der Waals surface area contributed by atoms with Gasteiger partial charge in [0.25, 0.3) is 0 Å². The van der Waals surface area contributed by atoms with Crippen molar-refractivity contribution in [2.24, 2.45) is 0 Å². The molecule has 0 aliphatic carbocycles. The monoisotopic (exact) mass is 897 g/mol. The van der Waals surface area contributed by atoms with Crippen molar-refractivity contribution >= 4 is 10.1 Å². The van der Waals surface area contributed by atoms with Gasteiger partial charge in [0.05, 0.1) is 4.90 Å². The number of benzene rings is 1. The topological polar surface area (TPSA) is 57.2 Å². The Bertz CT molecular complexity index is 1150. The molecule has 0 N–H and O–H groups in total. The van der Waals surface area contributed by atoms with E-state index in [1.165, 1.54) is 235 Å². The molecular weight excluding hydrogens is 792 g/mol. The number of unbranched alkanes of at least 4 members (excludes halogenated alkanes) is 35. The van der Waals surface area contributed by atoms with Gasteiger partial charge in [-0.05, 0) is 92.0 Å². The van der Waals surface area contributed by atoms with E-state index < -0.39 is 10.1 Å². The summed E-state index contributed by atoms with van der Waals surface area (Å²) in [5.74, 6) is 0. The standard InChI is InChI=1S/C56H106O3S.K/c1-6-11-16-21-26-31-36-41-46-51-52(47-42-37-32-27-22-17-12-7-2)54(49-44-39-34-29-24-19-14-9-4)56(60(57,58)59)55(50-45-40-35-30-25-20-15-10-5)53(51)48-43-38-33-28-23-18-13-8-3;/h6-50H2,1-5H3,(H,57,58,59);/q;+1/p-1. The summed E-state index contributed by atoms with van der Waals surface area (Å²) in [4.78, 5) is 0.261. The fraction of sp³-hybridized carbons (Fsp3) is 0.893. The molecule has 0 spiro atoms. The van der Waals surface area contributed by atoms with Crippen LogP contribution in [0.2, 0.25) is 0 Å². The summed E-state index contributed by atoms with van der Waals surface area (Å²) in [6.07, 6.45) is 54.8. The minimum absolute atomic E-state index is 0. The fourth-order valence-corrected chi connectivity index (χ4v) is 11.0. The molecule has 0 aromatic heterocycles. The molecule has 61 heavy (non-hydrogen) atoms. The maximum Gasteiger partial charge on any atom is 1.00 e. The molecule has 5 heteroatoms. The van der Waals surface area contributed by atoms with Crippen molar-refractivity contribution in [3.8, 4) is 0 Å². The predicted molar refractivity (Wildman–Crippen MR) is 266 cm³/mol. The molecular formula is C56H105KO3S. The van der Waals surface area contributed by atoms with E-state index in [2.05, 4.69) is 34.6 Å². The van der Waals surface area contributed by atoms with Crippen LogP contribution in [0.5, 0.6) is 0 Å². The third-order valence-electron chi connectivity index (χ3n) is 13.7. The van der Waals surface area contributed by atoms with E-state index in [0.717, 1.165) is 81.8 Å². The van der Waals surface area contributed by atoms with Crippen molar-refractivity contribution in [3.63, 3.8) is 0 Å². The van der Waals surface area contributed by atoms with E-state index in [-0.39, 0.29) is 56.3 Å². The third kappa shape index (κ3) is 32.2. The van der Waals surface area contributed by atoms with Crippen LogP contribution in [0.4, 0.5) is 0 Å². The largest absolute Gasteiger partial charge is 1.00 e. The summed E-state index contributed by atoms with van der Waals surface area (Å²) in [5, 5.41) is 0. The van der Waals surface area contributed by atoms with E-state index >= 15 is 0 Å². The summed E-state index contributed by atoms with van der Waals surface area (Å²) in [7, 11) is -4.63. The Morgan fingerprint density at radius 3 is 0.590 bits per heavy atom.